The lowest BCUT2D eigenvalue weighted by molar-refractivity contribution is -0.117. The lowest BCUT2D eigenvalue weighted by Gasteiger charge is -2.05. The Morgan fingerprint density at radius 3 is 2.71 bits per heavy atom. The molecule has 1 rings (SSSR count). The SMILES string of the molecule is CC(=O)CCCNCCc1ccc(F)cc1F. The fourth-order valence-electron chi connectivity index (χ4n) is 1.53. The summed E-state index contributed by atoms with van der Waals surface area (Å²) in [6.07, 6.45) is 1.88. The Morgan fingerprint density at radius 2 is 2.06 bits per heavy atom. The zero-order valence-corrected chi connectivity index (χ0v) is 9.93. The second-order valence-corrected chi connectivity index (χ2v) is 4.04. The van der Waals surface area contributed by atoms with E-state index in [9.17, 15) is 13.6 Å². The fraction of sp³-hybridized carbons (Fsp3) is 0.462. The molecule has 1 aromatic rings. The van der Waals surface area contributed by atoms with E-state index in [0.29, 0.717) is 24.9 Å². The molecule has 4 heteroatoms. The molecule has 2 nitrogen and oxygen atoms in total. The summed E-state index contributed by atoms with van der Waals surface area (Å²) >= 11 is 0. The topological polar surface area (TPSA) is 29.1 Å². The maximum absolute atomic E-state index is 13.2. The average Bonchev–Trinajstić information content (AvgIpc) is 2.25. The van der Waals surface area contributed by atoms with Gasteiger partial charge in [-0.25, -0.2) is 8.78 Å². The minimum Gasteiger partial charge on any atom is -0.316 e. The molecule has 1 aromatic carbocycles. The van der Waals surface area contributed by atoms with E-state index in [1.54, 1.807) is 6.92 Å². The van der Waals surface area contributed by atoms with Crippen LogP contribution in [0.1, 0.15) is 25.3 Å². The number of hydrogen-bond acceptors (Lipinski definition) is 2. The second kappa shape index (κ2) is 7.12. The first-order valence-electron chi connectivity index (χ1n) is 5.73. The Labute approximate surface area is 100 Å². The van der Waals surface area contributed by atoms with Crippen LogP contribution in [-0.4, -0.2) is 18.9 Å². The fourth-order valence-corrected chi connectivity index (χ4v) is 1.53. The molecule has 0 heterocycles. The summed E-state index contributed by atoms with van der Waals surface area (Å²) in [5, 5.41) is 3.12. The first-order valence-corrected chi connectivity index (χ1v) is 5.73. The van der Waals surface area contributed by atoms with Crippen molar-refractivity contribution in [3.63, 3.8) is 0 Å². The van der Waals surface area contributed by atoms with Gasteiger partial charge in [0, 0.05) is 12.5 Å². The van der Waals surface area contributed by atoms with Gasteiger partial charge in [-0.2, -0.15) is 0 Å². The summed E-state index contributed by atoms with van der Waals surface area (Å²) in [6.45, 7) is 2.93. The number of rotatable bonds is 7. The summed E-state index contributed by atoms with van der Waals surface area (Å²) < 4.78 is 25.8. The molecule has 0 radical (unpaired) electrons. The van der Waals surface area contributed by atoms with Gasteiger partial charge in [0.05, 0.1) is 0 Å². The molecule has 0 unspecified atom stereocenters. The van der Waals surface area contributed by atoms with E-state index in [1.807, 2.05) is 0 Å². The van der Waals surface area contributed by atoms with E-state index >= 15 is 0 Å². The molecular weight excluding hydrogens is 224 g/mol. The number of carbonyl (C=O) groups excluding carboxylic acids is 1. The van der Waals surface area contributed by atoms with Crippen molar-refractivity contribution < 1.29 is 13.6 Å². The van der Waals surface area contributed by atoms with Crippen molar-refractivity contribution in [1.29, 1.82) is 0 Å². The minimum absolute atomic E-state index is 0.177. The van der Waals surface area contributed by atoms with E-state index in [2.05, 4.69) is 5.32 Å². The molecule has 1 N–H and O–H groups in total. The van der Waals surface area contributed by atoms with Gasteiger partial charge in [0.25, 0.3) is 0 Å². The summed E-state index contributed by atoms with van der Waals surface area (Å²) in [7, 11) is 0. The predicted molar refractivity (Wildman–Crippen MR) is 62.8 cm³/mol. The third kappa shape index (κ3) is 5.54. The summed E-state index contributed by atoms with van der Waals surface area (Å²) in [5.74, 6) is -0.882. The van der Waals surface area contributed by atoms with Gasteiger partial charge >= 0.3 is 0 Å². The van der Waals surface area contributed by atoms with Crippen LogP contribution in [0.2, 0.25) is 0 Å². The highest BCUT2D eigenvalue weighted by atomic mass is 19.1. The molecule has 0 aliphatic carbocycles. The van der Waals surface area contributed by atoms with Crippen LogP contribution in [0, 0.1) is 11.6 Å². The Morgan fingerprint density at radius 1 is 1.29 bits per heavy atom. The molecule has 0 saturated carbocycles. The molecule has 17 heavy (non-hydrogen) atoms. The highest BCUT2D eigenvalue weighted by molar-refractivity contribution is 5.75. The van der Waals surface area contributed by atoms with E-state index in [0.717, 1.165) is 19.0 Å². The number of ketones is 1. The molecule has 0 amide bonds. The maximum atomic E-state index is 13.2. The van der Waals surface area contributed by atoms with Gasteiger partial charge in [0.2, 0.25) is 0 Å². The van der Waals surface area contributed by atoms with E-state index in [1.165, 1.54) is 12.1 Å². The molecule has 0 aromatic heterocycles. The van der Waals surface area contributed by atoms with Crippen LogP contribution in [-0.2, 0) is 11.2 Å². The molecule has 0 atom stereocenters. The molecule has 0 aliphatic heterocycles. The molecular formula is C13H17F2NO. The van der Waals surface area contributed by atoms with Crippen molar-refractivity contribution in [1.82, 2.24) is 5.32 Å². The number of Topliss-reactive ketones (excluding diaryl/α,β-unsaturated/α-hetero) is 1. The first kappa shape index (κ1) is 13.8. The van der Waals surface area contributed by atoms with Crippen molar-refractivity contribution in [2.45, 2.75) is 26.2 Å². The van der Waals surface area contributed by atoms with Crippen molar-refractivity contribution >= 4 is 5.78 Å². The summed E-state index contributed by atoms with van der Waals surface area (Å²) in [6, 6.07) is 3.61. The van der Waals surface area contributed by atoms with Crippen LogP contribution in [0.4, 0.5) is 8.78 Å². The standard InChI is InChI=1S/C13H17F2NO/c1-10(17)3-2-7-16-8-6-11-4-5-12(14)9-13(11)15/h4-5,9,16H,2-3,6-8H2,1H3. The monoisotopic (exact) mass is 241 g/mol. The van der Waals surface area contributed by atoms with Crippen LogP contribution in [0.25, 0.3) is 0 Å². The molecule has 0 spiro atoms. The number of benzene rings is 1. The Bertz CT molecular complexity index is 380. The van der Waals surface area contributed by atoms with Gasteiger partial charge < -0.3 is 10.1 Å². The third-order valence-electron chi connectivity index (χ3n) is 2.47. The minimum atomic E-state index is -0.555. The number of hydrogen-bond donors (Lipinski definition) is 1. The van der Waals surface area contributed by atoms with Crippen LogP contribution >= 0.6 is 0 Å². The zero-order chi connectivity index (χ0) is 12.7. The van der Waals surface area contributed by atoms with Gasteiger partial charge in [-0.15, -0.1) is 0 Å². The van der Waals surface area contributed by atoms with Gasteiger partial charge in [-0.05, 0) is 44.5 Å². The lowest BCUT2D eigenvalue weighted by atomic mass is 10.1. The highest BCUT2D eigenvalue weighted by Crippen LogP contribution is 2.09. The Hall–Kier alpha value is -1.29. The normalized spacial score (nSPS) is 10.5. The van der Waals surface area contributed by atoms with Gasteiger partial charge in [0.1, 0.15) is 17.4 Å². The van der Waals surface area contributed by atoms with E-state index < -0.39 is 11.6 Å². The van der Waals surface area contributed by atoms with Gasteiger partial charge in [-0.3, -0.25) is 0 Å². The number of carbonyl (C=O) groups is 1. The maximum Gasteiger partial charge on any atom is 0.129 e. The number of halogens is 2. The van der Waals surface area contributed by atoms with Crippen molar-refractivity contribution in [2.24, 2.45) is 0 Å². The molecule has 0 fully saturated rings. The predicted octanol–water partition coefficient (Wildman–Crippen LogP) is 2.47. The summed E-state index contributed by atoms with van der Waals surface area (Å²) in [5.41, 5.74) is 0.505. The molecule has 0 saturated heterocycles. The third-order valence-corrected chi connectivity index (χ3v) is 2.47. The smallest absolute Gasteiger partial charge is 0.129 e. The molecule has 0 aliphatic rings. The van der Waals surface area contributed by atoms with Crippen molar-refractivity contribution in [3.8, 4) is 0 Å². The number of nitrogens with one attached hydrogen (secondary N) is 1. The quantitative estimate of drug-likeness (QED) is 0.743. The van der Waals surface area contributed by atoms with Crippen LogP contribution in [0.15, 0.2) is 18.2 Å². The van der Waals surface area contributed by atoms with Crippen molar-refractivity contribution in [3.05, 3.63) is 35.4 Å². The molecule has 0 bridgehead atoms. The Kier molecular flexibility index (Phi) is 5.77. The first-order chi connectivity index (χ1) is 8.09. The second-order valence-electron chi connectivity index (χ2n) is 4.04. The van der Waals surface area contributed by atoms with Crippen molar-refractivity contribution in [2.75, 3.05) is 13.1 Å². The van der Waals surface area contributed by atoms with Crippen LogP contribution in [0.3, 0.4) is 0 Å². The summed E-state index contributed by atoms with van der Waals surface area (Å²) in [4.78, 5) is 10.7. The Balaban J connectivity index is 2.20. The molecule has 94 valence electrons. The van der Waals surface area contributed by atoms with Crippen LogP contribution < -0.4 is 5.32 Å². The lowest BCUT2D eigenvalue weighted by Crippen LogP contribution is -2.19. The van der Waals surface area contributed by atoms with Crippen LogP contribution in [0.5, 0.6) is 0 Å². The van der Waals surface area contributed by atoms with E-state index in [-0.39, 0.29) is 5.78 Å². The largest absolute Gasteiger partial charge is 0.316 e. The highest BCUT2D eigenvalue weighted by Gasteiger charge is 2.02. The van der Waals surface area contributed by atoms with E-state index in [4.69, 9.17) is 0 Å². The average molecular weight is 241 g/mol. The zero-order valence-electron chi connectivity index (χ0n) is 9.93. The van der Waals surface area contributed by atoms with Gasteiger partial charge in [0.15, 0.2) is 0 Å². The van der Waals surface area contributed by atoms with Gasteiger partial charge in [-0.1, -0.05) is 6.07 Å².